The maximum atomic E-state index is 12.0. The van der Waals surface area contributed by atoms with Gasteiger partial charge in [-0.15, -0.1) is 0 Å². The normalized spacial score (nSPS) is 17.4. The summed E-state index contributed by atoms with van der Waals surface area (Å²) in [6.07, 6.45) is -5.26. The van der Waals surface area contributed by atoms with Crippen LogP contribution in [0.2, 0.25) is 0 Å². The van der Waals surface area contributed by atoms with Crippen LogP contribution in [0.3, 0.4) is 0 Å². The van der Waals surface area contributed by atoms with E-state index in [4.69, 9.17) is 9.47 Å². The fraction of sp³-hybridized carbons (Fsp3) is 0.533. The van der Waals surface area contributed by atoms with E-state index >= 15 is 0 Å². The molecule has 22 heavy (non-hydrogen) atoms. The Hall–Kier alpha value is -1.92. The Morgan fingerprint density at radius 3 is 2.91 bits per heavy atom. The molecule has 1 heterocycles. The number of hydrogen-bond donors (Lipinski definition) is 1. The minimum absolute atomic E-state index is 0.0365. The van der Waals surface area contributed by atoms with Crippen molar-refractivity contribution in [3.05, 3.63) is 23.8 Å². The summed E-state index contributed by atoms with van der Waals surface area (Å²) in [5.41, 5.74) is 0.972. The van der Waals surface area contributed by atoms with Gasteiger partial charge in [-0.1, -0.05) is 12.1 Å². The van der Waals surface area contributed by atoms with E-state index in [0.717, 1.165) is 5.56 Å². The maximum absolute atomic E-state index is 12.0. The predicted molar refractivity (Wildman–Crippen MR) is 74.0 cm³/mol. The summed E-state index contributed by atoms with van der Waals surface area (Å²) in [6, 6.07) is 5.57. The van der Waals surface area contributed by atoms with Crippen molar-refractivity contribution in [2.75, 3.05) is 20.3 Å². The molecule has 0 spiro atoms. The molecular weight excluding hydrogens is 299 g/mol. The number of amides is 1. The molecule has 1 N–H and O–H groups in total. The highest BCUT2D eigenvalue weighted by Gasteiger charge is 2.28. The molecule has 1 aromatic rings. The maximum Gasteiger partial charge on any atom is 0.389 e. The van der Waals surface area contributed by atoms with Crippen LogP contribution in [-0.2, 0) is 11.2 Å². The van der Waals surface area contributed by atoms with Crippen LogP contribution in [0.4, 0.5) is 13.2 Å². The van der Waals surface area contributed by atoms with Gasteiger partial charge in [-0.2, -0.15) is 13.2 Å². The predicted octanol–water partition coefficient (Wildman–Crippen LogP) is 2.71. The van der Waals surface area contributed by atoms with Gasteiger partial charge in [0.2, 0.25) is 5.91 Å². The van der Waals surface area contributed by atoms with Crippen LogP contribution in [0.25, 0.3) is 0 Å². The van der Waals surface area contributed by atoms with E-state index < -0.39 is 24.9 Å². The average molecular weight is 317 g/mol. The molecule has 0 aromatic heterocycles. The van der Waals surface area contributed by atoms with E-state index in [1.165, 1.54) is 0 Å². The van der Waals surface area contributed by atoms with Gasteiger partial charge in [0.05, 0.1) is 20.1 Å². The first-order valence-corrected chi connectivity index (χ1v) is 7.01. The fourth-order valence-corrected chi connectivity index (χ4v) is 2.35. The SMILES string of the molecule is COc1cccc2c1OCC(CNC(=O)CCC(F)(F)F)C2. The third kappa shape index (κ3) is 4.54. The summed E-state index contributed by atoms with van der Waals surface area (Å²) in [4.78, 5) is 11.4. The van der Waals surface area contributed by atoms with Gasteiger partial charge in [0, 0.05) is 18.9 Å². The minimum atomic E-state index is -4.30. The Kier molecular flexibility index (Phi) is 5.15. The largest absolute Gasteiger partial charge is 0.493 e. The van der Waals surface area contributed by atoms with Gasteiger partial charge < -0.3 is 14.8 Å². The number of para-hydroxylation sites is 1. The number of hydrogen-bond acceptors (Lipinski definition) is 3. The highest BCUT2D eigenvalue weighted by molar-refractivity contribution is 5.75. The first-order chi connectivity index (χ1) is 10.4. The molecule has 1 unspecified atom stereocenters. The zero-order valence-corrected chi connectivity index (χ0v) is 12.2. The Morgan fingerprint density at radius 2 is 2.23 bits per heavy atom. The molecule has 2 rings (SSSR count). The number of methoxy groups -OCH3 is 1. The minimum Gasteiger partial charge on any atom is -0.493 e. The van der Waals surface area contributed by atoms with E-state index in [9.17, 15) is 18.0 Å². The number of carbonyl (C=O) groups excluding carboxylic acids is 1. The molecule has 122 valence electrons. The lowest BCUT2D eigenvalue weighted by molar-refractivity contribution is -0.144. The van der Waals surface area contributed by atoms with E-state index in [-0.39, 0.29) is 5.92 Å². The summed E-state index contributed by atoms with van der Waals surface area (Å²) in [5, 5.41) is 2.53. The lowest BCUT2D eigenvalue weighted by atomic mass is 9.96. The molecule has 0 bridgehead atoms. The number of nitrogens with one attached hydrogen (secondary N) is 1. The average Bonchev–Trinajstić information content (AvgIpc) is 2.49. The fourth-order valence-electron chi connectivity index (χ4n) is 2.35. The zero-order chi connectivity index (χ0) is 16.2. The number of carbonyl (C=O) groups is 1. The highest BCUT2D eigenvalue weighted by Crippen LogP contribution is 2.35. The van der Waals surface area contributed by atoms with Crippen LogP contribution < -0.4 is 14.8 Å². The molecule has 1 aliphatic heterocycles. The molecular formula is C15H18F3NO3. The summed E-state index contributed by atoms with van der Waals surface area (Å²) >= 11 is 0. The topological polar surface area (TPSA) is 47.6 Å². The number of rotatable bonds is 5. The molecule has 1 aliphatic rings. The van der Waals surface area contributed by atoms with Crippen molar-refractivity contribution in [3.63, 3.8) is 0 Å². The second kappa shape index (κ2) is 6.89. The molecule has 0 saturated heterocycles. The van der Waals surface area contributed by atoms with Crippen LogP contribution in [0.1, 0.15) is 18.4 Å². The Labute approximate surface area is 126 Å². The van der Waals surface area contributed by atoms with Gasteiger partial charge in [-0.05, 0) is 18.1 Å². The second-order valence-corrected chi connectivity index (χ2v) is 5.25. The number of ether oxygens (including phenoxy) is 2. The van der Waals surface area contributed by atoms with E-state index in [2.05, 4.69) is 5.32 Å². The van der Waals surface area contributed by atoms with Crippen molar-refractivity contribution in [1.82, 2.24) is 5.32 Å². The van der Waals surface area contributed by atoms with Crippen LogP contribution in [-0.4, -0.2) is 32.3 Å². The molecule has 1 amide bonds. The summed E-state index contributed by atoms with van der Waals surface area (Å²) in [7, 11) is 1.56. The van der Waals surface area contributed by atoms with Gasteiger partial charge >= 0.3 is 6.18 Å². The smallest absolute Gasteiger partial charge is 0.389 e. The molecule has 0 radical (unpaired) electrons. The Balaban J connectivity index is 1.82. The van der Waals surface area contributed by atoms with Crippen molar-refractivity contribution in [2.45, 2.75) is 25.4 Å². The van der Waals surface area contributed by atoms with E-state index in [1.807, 2.05) is 12.1 Å². The standard InChI is InChI=1S/C15H18F3NO3/c1-21-12-4-2-3-11-7-10(9-22-14(11)12)8-19-13(20)5-6-15(16,17)18/h2-4,10H,5-9H2,1H3,(H,19,20). The summed E-state index contributed by atoms with van der Waals surface area (Å²) in [5.74, 6) is 0.804. The number of halogens is 3. The van der Waals surface area contributed by atoms with E-state index in [1.54, 1.807) is 13.2 Å². The number of benzene rings is 1. The van der Waals surface area contributed by atoms with Gasteiger partial charge in [0.1, 0.15) is 0 Å². The van der Waals surface area contributed by atoms with Gasteiger partial charge in [-0.25, -0.2) is 0 Å². The molecule has 4 nitrogen and oxygen atoms in total. The molecule has 1 aromatic carbocycles. The van der Waals surface area contributed by atoms with Gasteiger partial charge in [0.25, 0.3) is 0 Å². The van der Waals surface area contributed by atoms with Crippen LogP contribution >= 0.6 is 0 Å². The summed E-state index contributed by atoms with van der Waals surface area (Å²) < 4.78 is 47.0. The number of fused-ring (bicyclic) bond motifs is 1. The van der Waals surface area contributed by atoms with Crippen molar-refractivity contribution in [3.8, 4) is 11.5 Å². The molecule has 7 heteroatoms. The van der Waals surface area contributed by atoms with Crippen LogP contribution in [0.15, 0.2) is 18.2 Å². The first-order valence-electron chi connectivity index (χ1n) is 7.01. The monoisotopic (exact) mass is 317 g/mol. The number of alkyl halides is 3. The molecule has 0 fully saturated rings. The van der Waals surface area contributed by atoms with E-state index in [0.29, 0.717) is 31.1 Å². The highest BCUT2D eigenvalue weighted by atomic mass is 19.4. The summed E-state index contributed by atoms with van der Waals surface area (Å²) in [6.45, 7) is 0.695. The molecule has 0 saturated carbocycles. The van der Waals surface area contributed by atoms with Crippen molar-refractivity contribution in [1.29, 1.82) is 0 Å². The van der Waals surface area contributed by atoms with Gasteiger partial charge in [-0.3, -0.25) is 4.79 Å². The third-order valence-electron chi connectivity index (χ3n) is 3.48. The lowest BCUT2D eigenvalue weighted by Crippen LogP contribution is -2.35. The van der Waals surface area contributed by atoms with Crippen molar-refractivity contribution < 1.29 is 27.4 Å². The Morgan fingerprint density at radius 1 is 1.45 bits per heavy atom. The van der Waals surface area contributed by atoms with Crippen LogP contribution in [0.5, 0.6) is 11.5 Å². The van der Waals surface area contributed by atoms with Crippen molar-refractivity contribution in [2.24, 2.45) is 5.92 Å². The first kappa shape index (κ1) is 16.5. The quantitative estimate of drug-likeness (QED) is 0.908. The van der Waals surface area contributed by atoms with Crippen molar-refractivity contribution >= 4 is 5.91 Å². The lowest BCUT2D eigenvalue weighted by Gasteiger charge is -2.26. The van der Waals surface area contributed by atoms with Gasteiger partial charge in [0.15, 0.2) is 11.5 Å². The second-order valence-electron chi connectivity index (χ2n) is 5.25. The van der Waals surface area contributed by atoms with Crippen LogP contribution in [0, 0.1) is 5.92 Å². The molecule has 1 atom stereocenters. The molecule has 0 aliphatic carbocycles. The zero-order valence-electron chi connectivity index (χ0n) is 12.2. The third-order valence-corrected chi connectivity index (χ3v) is 3.48. The Bertz CT molecular complexity index is 531.